The summed E-state index contributed by atoms with van der Waals surface area (Å²) in [5, 5.41) is 11.9. The molecule has 1 heterocycles. The average molecular weight is 681 g/mol. The molecule has 260 valence electrons. The van der Waals surface area contributed by atoms with E-state index >= 15 is 0 Å². The second-order valence-electron chi connectivity index (χ2n) is 15.8. The molecule has 8 heteroatoms. The average Bonchev–Trinajstić information content (AvgIpc) is 3.49. The van der Waals surface area contributed by atoms with Gasteiger partial charge in [0.2, 0.25) is 0 Å². The van der Waals surface area contributed by atoms with Crippen LogP contribution >= 0.6 is 0 Å². The summed E-state index contributed by atoms with van der Waals surface area (Å²) in [5.41, 5.74) is 2.10. The molecule has 5 atom stereocenters. The van der Waals surface area contributed by atoms with Crippen molar-refractivity contribution < 1.29 is 27.8 Å². The van der Waals surface area contributed by atoms with Crippen molar-refractivity contribution in [2.45, 2.75) is 129 Å². The molecule has 3 rings (SSSR count). The van der Waals surface area contributed by atoms with Crippen LogP contribution < -0.4 is 0 Å². The molecule has 0 fully saturated rings. The minimum atomic E-state index is -2.37. The highest BCUT2D eigenvalue weighted by Gasteiger charge is 2.46. The van der Waals surface area contributed by atoms with Crippen molar-refractivity contribution in [2.24, 2.45) is 5.92 Å². The van der Waals surface area contributed by atoms with Crippen molar-refractivity contribution in [1.82, 2.24) is 0 Å². The minimum absolute atomic E-state index is 0.0760. The number of furan rings is 1. The maximum Gasteiger partial charge on any atom is 0.192 e. The summed E-state index contributed by atoms with van der Waals surface area (Å²) in [4.78, 5) is 0. The minimum Gasteiger partial charge on any atom is -0.461 e. The molecular formula is C39H60O6Si2. The third-order valence-electron chi connectivity index (χ3n) is 10.1. The van der Waals surface area contributed by atoms with Crippen molar-refractivity contribution in [3.63, 3.8) is 0 Å². The molecule has 0 aliphatic rings. The summed E-state index contributed by atoms with van der Waals surface area (Å²) in [6, 6.07) is 23.9. The number of aliphatic hydroxyl groups is 1. The fourth-order valence-electron chi connectivity index (χ4n) is 4.74. The van der Waals surface area contributed by atoms with Crippen molar-refractivity contribution >= 4 is 16.6 Å². The third kappa shape index (κ3) is 10.8. The van der Waals surface area contributed by atoms with E-state index < -0.39 is 47.0 Å². The molecule has 0 aliphatic carbocycles. The Hall–Kier alpha value is -2.31. The molecule has 0 unspecified atom stereocenters. The van der Waals surface area contributed by atoms with E-state index in [4.69, 9.17) is 22.7 Å². The van der Waals surface area contributed by atoms with Crippen molar-refractivity contribution in [1.29, 1.82) is 0 Å². The normalized spacial score (nSPS) is 16.3. The van der Waals surface area contributed by atoms with Crippen molar-refractivity contribution in [3.05, 3.63) is 108 Å². The standard InChI is InChI=1S/C39H60O6Si2/c1-13-33(41-26-30-20-16-14-17-21-30)37(42-27-31-22-18-15-19-23-31)36(45-47(11,12)39(6,7)8)29(2)35(40)34-25-24-32(44-34)28-43-46(9,10)38(3,4)5/h13-25,29,33,35-37,40H,1,26-28H2,2-12H3/t29-,33+,35-,36+,37+/m0/s1. The van der Waals surface area contributed by atoms with Crippen LogP contribution in [0, 0.1) is 5.92 Å². The number of benzene rings is 2. The summed E-state index contributed by atoms with van der Waals surface area (Å²) >= 11 is 0. The molecule has 0 saturated heterocycles. The summed E-state index contributed by atoms with van der Waals surface area (Å²) in [5.74, 6) is 0.773. The van der Waals surface area contributed by atoms with E-state index in [9.17, 15) is 5.11 Å². The van der Waals surface area contributed by atoms with Crippen LogP contribution in [0.25, 0.3) is 0 Å². The van der Waals surface area contributed by atoms with Gasteiger partial charge >= 0.3 is 0 Å². The van der Waals surface area contributed by atoms with Crippen LogP contribution in [0.5, 0.6) is 0 Å². The molecule has 0 saturated carbocycles. The van der Waals surface area contributed by atoms with Gasteiger partial charge in [-0.1, -0.05) is 115 Å². The Morgan fingerprint density at radius 2 is 1.23 bits per heavy atom. The predicted molar refractivity (Wildman–Crippen MR) is 197 cm³/mol. The zero-order valence-corrected chi connectivity index (χ0v) is 32.7. The van der Waals surface area contributed by atoms with Gasteiger partial charge in [0.05, 0.1) is 25.9 Å². The van der Waals surface area contributed by atoms with E-state index in [1.54, 1.807) is 6.08 Å². The number of ether oxygens (including phenoxy) is 2. The molecule has 2 aromatic carbocycles. The first kappa shape index (κ1) is 39.1. The summed E-state index contributed by atoms with van der Waals surface area (Å²) < 4.78 is 33.1. The molecule has 0 aliphatic heterocycles. The lowest BCUT2D eigenvalue weighted by molar-refractivity contribution is -0.137. The van der Waals surface area contributed by atoms with Gasteiger partial charge in [0.25, 0.3) is 0 Å². The molecule has 3 aromatic rings. The molecule has 47 heavy (non-hydrogen) atoms. The van der Waals surface area contributed by atoms with Gasteiger partial charge in [-0.3, -0.25) is 0 Å². The van der Waals surface area contributed by atoms with Crippen molar-refractivity contribution in [3.8, 4) is 0 Å². The maximum absolute atomic E-state index is 11.9. The Morgan fingerprint density at radius 3 is 1.72 bits per heavy atom. The third-order valence-corrected chi connectivity index (χ3v) is 19.0. The van der Waals surface area contributed by atoms with Crippen LogP contribution in [-0.2, 0) is 38.1 Å². The van der Waals surface area contributed by atoms with Gasteiger partial charge in [-0.05, 0) is 59.5 Å². The van der Waals surface area contributed by atoms with E-state index in [1.165, 1.54) is 0 Å². The zero-order chi connectivity index (χ0) is 35.0. The van der Waals surface area contributed by atoms with Gasteiger partial charge in [0.1, 0.15) is 29.8 Å². The first-order valence-electron chi connectivity index (χ1n) is 16.9. The number of hydrogen-bond donors (Lipinski definition) is 1. The summed E-state index contributed by atoms with van der Waals surface area (Å²) in [7, 11) is -4.34. The highest BCUT2D eigenvalue weighted by molar-refractivity contribution is 6.74. The van der Waals surface area contributed by atoms with Crippen LogP contribution in [0.1, 0.15) is 77.2 Å². The Balaban J connectivity index is 1.97. The van der Waals surface area contributed by atoms with Crippen molar-refractivity contribution in [2.75, 3.05) is 0 Å². The van der Waals surface area contributed by atoms with Gasteiger partial charge < -0.3 is 27.8 Å². The SMILES string of the molecule is C=C[C@@H](OCc1ccccc1)[C@@H](OCc1ccccc1)[C@H](O[Si](C)(C)C(C)(C)C)[C@@H](C)[C@H](O)c1ccc(CO[Si](C)(C)C(C)(C)C)o1. The molecule has 0 amide bonds. The van der Waals surface area contributed by atoms with E-state index in [0.29, 0.717) is 31.3 Å². The van der Waals surface area contributed by atoms with Crippen LogP contribution in [-0.4, -0.2) is 40.1 Å². The smallest absolute Gasteiger partial charge is 0.192 e. The number of aliphatic hydroxyl groups excluding tert-OH is 1. The summed E-state index contributed by atoms with van der Waals surface area (Å²) in [6.07, 6.45) is -0.762. The van der Waals surface area contributed by atoms with Gasteiger partial charge in [0.15, 0.2) is 16.6 Å². The fraction of sp³-hybridized carbons (Fsp3) is 0.538. The van der Waals surface area contributed by atoms with Crippen LogP contribution in [0.4, 0.5) is 0 Å². The van der Waals surface area contributed by atoms with Crippen LogP contribution in [0.3, 0.4) is 0 Å². The Labute approximate surface area is 286 Å². The van der Waals surface area contributed by atoms with E-state index in [0.717, 1.165) is 11.1 Å². The first-order chi connectivity index (χ1) is 21.9. The predicted octanol–water partition coefficient (Wildman–Crippen LogP) is 10.2. The van der Waals surface area contributed by atoms with Gasteiger partial charge in [-0.2, -0.15) is 0 Å². The molecular weight excluding hydrogens is 621 g/mol. The molecule has 6 nitrogen and oxygen atoms in total. The highest BCUT2D eigenvalue weighted by Crippen LogP contribution is 2.42. The van der Waals surface area contributed by atoms with E-state index in [-0.39, 0.29) is 10.1 Å². The first-order valence-corrected chi connectivity index (χ1v) is 22.7. The lowest BCUT2D eigenvalue weighted by atomic mass is 9.90. The monoisotopic (exact) mass is 680 g/mol. The number of hydrogen-bond acceptors (Lipinski definition) is 6. The second-order valence-corrected chi connectivity index (χ2v) is 25.3. The Morgan fingerprint density at radius 1 is 0.723 bits per heavy atom. The largest absolute Gasteiger partial charge is 0.461 e. The van der Waals surface area contributed by atoms with Gasteiger partial charge in [-0.15, -0.1) is 6.58 Å². The molecule has 1 aromatic heterocycles. The van der Waals surface area contributed by atoms with Crippen LogP contribution in [0.15, 0.2) is 89.9 Å². The van der Waals surface area contributed by atoms with Crippen LogP contribution in [0.2, 0.25) is 36.3 Å². The molecule has 1 N–H and O–H groups in total. The molecule has 0 bridgehead atoms. The lowest BCUT2D eigenvalue weighted by Crippen LogP contribution is -2.53. The Bertz CT molecular complexity index is 1360. The second kappa shape index (κ2) is 16.4. The van der Waals surface area contributed by atoms with Gasteiger partial charge in [0, 0.05) is 5.92 Å². The lowest BCUT2D eigenvalue weighted by Gasteiger charge is -2.45. The molecule has 0 radical (unpaired) electrons. The van der Waals surface area contributed by atoms with Gasteiger partial charge in [-0.25, -0.2) is 0 Å². The quantitative estimate of drug-likeness (QED) is 0.113. The maximum atomic E-state index is 11.9. The fourth-order valence-corrected chi connectivity index (χ4v) is 7.05. The van der Waals surface area contributed by atoms with E-state index in [1.807, 2.05) is 79.7 Å². The number of rotatable bonds is 17. The summed E-state index contributed by atoms with van der Waals surface area (Å²) in [6.45, 7) is 29.5. The topological polar surface area (TPSA) is 70.3 Å². The molecule has 0 spiro atoms. The highest BCUT2D eigenvalue weighted by atomic mass is 28.4. The zero-order valence-electron chi connectivity index (χ0n) is 30.7. The Kier molecular flexibility index (Phi) is 13.7. The van der Waals surface area contributed by atoms with E-state index in [2.05, 4.69) is 74.3 Å².